The van der Waals surface area contributed by atoms with E-state index in [0.29, 0.717) is 11.7 Å². The maximum Gasteiger partial charge on any atom is 0.308 e. The van der Waals surface area contributed by atoms with Crippen LogP contribution in [0.4, 0.5) is 0 Å². The van der Waals surface area contributed by atoms with Crippen molar-refractivity contribution in [1.82, 2.24) is 0 Å². The number of carbonyl (C=O) groups is 1. The van der Waals surface area contributed by atoms with Gasteiger partial charge < -0.3 is 4.74 Å². The third-order valence-corrected chi connectivity index (χ3v) is 5.11. The van der Waals surface area contributed by atoms with E-state index in [1.165, 1.54) is 56.4 Å². The molecule has 2 aromatic carbocycles. The van der Waals surface area contributed by atoms with Gasteiger partial charge in [-0.2, -0.15) is 0 Å². The number of esters is 1. The summed E-state index contributed by atoms with van der Waals surface area (Å²) in [5.74, 6) is 2.01. The van der Waals surface area contributed by atoms with Crippen LogP contribution in [0.2, 0.25) is 0 Å². The maximum atomic E-state index is 11.1. The van der Waals surface area contributed by atoms with Crippen LogP contribution in [-0.4, -0.2) is 5.97 Å². The Morgan fingerprint density at radius 2 is 1.74 bits per heavy atom. The molecule has 2 nitrogen and oxygen atoms in total. The minimum atomic E-state index is -0.273. The predicted molar refractivity (Wildman–Crippen MR) is 94.9 cm³/mol. The van der Waals surface area contributed by atoms with Crippen LogP contribution in [0.5, 0.6) is 5.75 Å². The Kier molecular flexibility index (Phi) is 5.00. The quantitative estimate of drug-likeness (QED) is 0.524. The monoisotopic (exact) mass is 310 g/mol. The van der Waals surface area contributed by atoms with Gasteiger partial charge in [0.25, 0.3) is 0 Å². The molecule has 1 aliphatic carbocycles. The van der Waals surface area contributed by atoms with Crippen molar-refractivity contribution < 1.29 is 9.53 Å². The lowest BCUT2D eigenvalue weighted by Gasteiger charge is -2.28. The van der Waals surface area contributed by atoms with Crippen LogP contribution >= 0.6 is 0 Å². The van der Waals surface area contributed by atoms with E-state index in [0.717, 1.165) is 11.3 Å². The highest BCUT2D eigenvalue weighted by Gasteiger charge is 2.21. The highest BCUT2D eigenvalue weighted by atomic mass is 16.5. The Morgan fingerprint density at radius 1 is 1.04 bits per heavy atom. The number of carbonyl (C=O) groups excluding carboxylic acids is 1. The second kappa shape index (κ2) is 7.16. The Labute approximate surface area is 138 Å². The SMILES string of the molecule is CCC[C@H]1CC[C@H](c2ccc3cc(OC(C)=O)ccc3c2)CC1. The molecule has 0 spiro atoms. The molecule has 0 atom stereocenters. The van der Waals surface area contributed by atoms with Crippen molar-refractivity contribution in [3.63, 3.8) is 0 Å². The van der Waals surface area contributed by atoms with Crippen LogP contribution in [0, 0.1) is 5.92 Å². The first-order valence-corrected chi connectivity index (χ1v) is 8.88. The van der Waals surface area contributed by atoms with Gasteiger partial charge in [-0.3, -0.25) is 4.79 Å². The van der Waals surface area contributed by atoms with Crippen molar-refractivity contribution in [3.05, 3.63) is 42.0 Å². The van der Waals surface area contributed by atoms with Crippen molar-refractivity contribution in [3.8, 4) is 5.75 Å². The third-order valence-electron chi connectivity index (χ3n) is 5.11. The van der Waals surface area contributed by atoms with Gasteiger partial charge in [-0.15, -0.1) is 0 Å². The van der Waals surface area contributed by atoms with Crippen molar-refractivity contribution >= 4 is 16.7 Å². The fraction of sp³-hybridized carbons (Fsp3) is 0.476. The van der Waals surface area contributed by atoms with Crippen molar-refractivity contribution in [1.29, 1.82) is 0 Å². The molecular weight excluding hydrogens is 284 g/mol. The van der Waals surface area contributed by atoms with Crippen LogP contribution in [-0.2, 0) is 4.79 Å². The van der Waals surface area contributed by atoms with Gasteiger partial charge in [-0.05, 0) is 66.0 Å². The molecule has 0 N–H and O–H groups in total. The molecule has 2 aromatic rings. The molecule has 0 saturated heterocycles. The number of fused-ring (bicyclic) bond motifs is 1. The number of rotatable bonds is 4. The molecule has 1 fully saturated rings. The fourth-order valence-electron chi connectivity index (χ4n) is 3.92. The van der Waals surface area contributed by atoms with Gasteiger partial charge in [0, 0.05) is 6.92 Å². The van der Waals surface area contributed by atoms with Crippen molar-refractivity contribution in [2.24, 2.45) is 5.92 Å². The third kappa shape index (κ3) is 3.93. The van der Waals surface area contributed by atoms with E-state index in [2.05, 4.69) is 31.2 Å². The van der Waals surface area contributed by atoms with E-state index >= 15 is 0 Å². The van der Waals surface area contributed by atoms with Crippen LogP contribution in [0.15, 0.2) is 36.4 Å². The predicted octanol–water partition coefficient (Wildman–Crippen LogP) is 5.84. The summed E-state index contributed by atoms with van der Waals surface area (Å²) >= 11 is 0. The van der Waals surface area contributed by atoms with Crippen LogP contribution in [0.3, 0.4) is 0 Å². The molecule has 0 unspecified atom stereocenters. The van der Waals surface area contributed by atoms with Gasteiger partial charge in [-0.1, -0.05) is 44.0 Å². The smallest absolute Gasteiger partial charge is 0.308 e. The van der Waals surface area contributed by atoms with Crippen LogP contribution in [0.25, 0.3) is 10.8 Å². The molecule has 3 rings (SSSR count). The van der Waals surface area contributed by atoms with Gasteiger partial charge in [0.05, 0.1) is 0 Å². The van der Waals surface area contributed by atoms with E-state index < -0.39 is 0 Å². The average molecular weight is 310 g/mol. The second-order valence-corrected chi connectivity index (χ2v) is 6.87. The summed E-state index contributed by atoms with van der Waals surface area (Å²) in [5.41, 5.74) is 1.47. The summed E-state index contributed by atoms with van der Waals surface area (Å²) in [4.78, 5) is 11.1. The Bertz CT molecular complexity index is 681. The largest absolute Gasteiger partial charge is 0.427 e. The van der Waals surface area contributed by atoms with Gasteiger partial charge in [-0.25, -0.2) is 0 Å². The summed E-state index contributed by atoms with van der Waals surface area (Å²) in [6, 6.07) is 12.6. The van der Waals surface area contributed by atoms with Crippen LogP contribution in [0.1, 0.15) is 63.9 Å². The topological polar surface area (TPSA) is 26.3 Å². The lowest BCUT2D eigenvalue weighted by atomic mass is 9.77. The van der Waals surface area contributed by atoms with Crippen molar-refractivity contribution in [2.75, 3.05) is 0 Å². The maximum absolute atomic E-state index is 11.1. The first-order chi connectivity index (χ1) is 11.2. The molecule has 0 aromatic heterocycles. The molecule has 0 amide bonds. The molecule has 0 aliphatic heterocycles. The van der Waals surface area contributed by atoms with E-state index in [9.17, 15) is 4.79 Å². The summed E-state index contributed by atoms with van der Waals surface area (Å²) in [6.45, 7) is 3.72. The summed E-state index contributed by atoms with van der Waals surface area (Å²) in [7, 11) is 0. The minimum absolute atomic E-state index is 0.273. The Morgan fingerprint density at radius 3 is 2.43 bits per heavy atom. The molecular formula is C21H26O2. The zero-order chi connectivity index (χ0) is 16.2. The number of benzene rings is 2. The lowest BCUT2D eigenvalue weighted by Crippen LogP contribution is -2.13. The molecule has 122 valence electrons. The molecule has 2 heteroatoms. The number of hydrogen-bond acceptors (Lipinski definition) is 2. The first kappa shape index (κ1) is 16.0. The normalized spacial score (nSPS) is 21.3. The Hall–Kier alpha value is -1.83. The molecule has 1 aliphatic rings. The number of hydrogen-bond donors (Lipinski definition) is 0. The fourth-order valence-corrected chi connectivity index (χ4v) is 3.92. The van der Waals surface area contributed by atoms with E-state index in [-0.39, 0.29) is 5.97 Å². The molecule has 23 heavy (non-hydrogen) atoms. The van der Waals surface area contributed by atoms with Crippen LogP contribution < -0.4 is 4.74 Å². The average Bonchev–Trinajstić information content (AvgIpc) is 2.55. The van der Waals surface area contributed by atoms with Crippen molar-refractivity contribution in [2.45, 2.75) is 58.3 Å². The zero-order valence-electron chi connectivity index (χ0n) is 14.2. The zero-order valence-corrected chi connectivity index (χ0v) is 14.2. The lowest BCUT2D eigenvalue weighted by molar-refractivity contribution is -0.131. The van der Waals surface area contributed by atoms with Gasteiger partial charge in [0.2, 0.25) is 0 Å². The highest BCUT2D eigenvalue weighted by molar-refractivity contribution is 5.85. The first-order valence-electron chi connectivity index (χ1n) is 8.88. The summed E-state index contributed by atoms with van der Waals surface area (Å²) < 4.78 is 5.16. The van der Waals surface area contributed by atoms with Gasteiger partial charge in [0.15, 0.2) is 0 Å². The van der Waals surface area contributed by atoms with Gasteiger partial charge in [0.1, 0.15) is 5.75 Å². The summed E-state index contributed by atoms with van der Waals surface area (Å²) in [6.07, 6.45) is 8.10. The molecule has 0 heterocycles. The molecule has 1 saturated carbocycles. The van der Waals surface area contributed by atoms with E-state index in [1.54, 1.807) is 0 Å². The summed E-state index contributed by atoms with van der Waals surface area (Å²) in [5, 5.41) is 2.36. The highest BCUT2D eigenvalue weighted by Crippen LogP contribution is 2.38. The second-order valence-electron chi connectivity index (χ2n) is 6.87. The molecule has 0 bridgehead atoms. The standard InChI is InChI=1S/C21H26O2/c1-3-4-16-5-7-17(8-6-16)18-9-10-20-14-21(23-15(2)22)12-11-19(20)13-18/h9-14,16-17H,3-8H2,1-2H3/t16-,17-. The number of ether oxygens (including phenoxy) is 1. The Balaban J connectivity index is 1.74. The van der Waals surface area contributed by atoms with Gasteiger partial charge >= 0.3 is 5.97 Å². The van der Waals surface area contributed by atoms with E-state index in [4.69, 9.17) is 4.74 Å². The van der Waals surface area contributed by atoms with E-state index in [1.807, 2.05) is 12.1 Å². The minimum Gasteiger partial charge on any atom is -0.427 e. The molecule has 0 radical (unpaired) electrons.